The molecule has 0 bridgehead atoms. The maximum atomic E-state index is 13.6. The van der Waals surface area contributed by atoms with Crippen molar-refractivity contribution >= 4 is 32.5 Å². The number of nitrogens with one attached hydrogen (secondary N) is 2. The van der Waals surface area contributed by atoms with Crippen molar-refractivity contribution in [2.75, 3.05) is 23.7 Å². The summed E-state index contributed by atoms with van der Waals surface area (Å²) in [4.78, 5) is 13.6. The molecule has 3 aromatic rings. The molecule has 5 rings (SSSR count). The van der Waals surface area contributed by atoms with E-state index in [2.05, 4.69) is 17.6 Å². The summed E-state index contributed by atoms with van der Waals surface area (Å²) < 4.78 is 29.0. The van der Waals surface area contributed by atoms with Gasteiger partial charge in [0, 0.05) is 43.3 Å². The zero-order valence-corrected chi connectivity index (χ0v) is 22.3. The van der Waals surface area contributed by atoms with E-state index in [9.17, 15) is 18.3 Å². The van der Waals surface area contributed by atoms with Crippen molar-refractivity contribution in [3.05, 3.63) is 65.4 Å². The van der Waals surface area contributed by atoms with Gasteiger partial charge in [-0.05, 0) is 48.9 Å². The number of hydrogen-bond donors (Lipinski definition) is 3. The minimum atomic E-state index is -3.50. The van der Waals surface area contributed by atoms with Crippen LogP contribution in [0.2, 0.25) is 0 Å². The molecule has 1 amide bonds. The Hall–Kier alpha value is -2.88. The van der Waals surface area contributed by atoms with Gasteiger partial charge < -0.3 is 20.3 Å². The molecule has 198 valence electrons. The van der Waals surface area contributed by atoms with Gasteiger partial charge in [0.05, 0.1) is 29.1 Å². The van der Waals surface area contributed by atoms with Crippen molar-refractivity contribution in [3.8, 4) is 0 Å². The number of carbonyl (C=O) groups is 1. The van der Waals surface area contributed by atoms with Gasteiger partial charge in [-0.3, -0.25) is 9.10 Å². The normalized spacial score (nSPS) is 18.7. The Morgan fingerprint density at radius 3 is 2.62 bits per heavy atom. The van der Waals surface area contributed by atoms with E-state index in [1.54, 1.807) is 13.1 Å². The SMILES string of the molecule is CCc1cn2c3c(cc(C(=O)N[C@@H](Cc4ccccc4)[C@H](O)CNC4CCC4)cc13)N(C)S(=O)(=O)CC2. The number of sulfonamides is 1. The average Bonchev–Trinajstić information content (AvgIpc) is 3.19. The van der Waals surface area contributed by atoms with Gasteiger partial charge in [0.2, 0.25) is 10.0 Å². The monoisotopic (exact) mass is 524 g/mol. The number of nitrogens with zero attached hydrogens (tertiary/aromatic N) is 2. The topological polar surface area (TPSA) is 104 Å². The van der Waals surface area contributed by atoms with Crippen LogP contribution in [0.1, 0.15) is 47.7 Å². The Morgan fingerprint density at radius 1 is 1.19 bits per heavy atom. The van der Waals surface area contributed by atoms with Crippen molar-refractivity contribution in [3.63, 3.8) is 0 Å². The predicted octanol–water partition coefficient (Wildman–Crippen LogP) is 2.83. The van der Waals surface area contributed by atoms with Crippen molar-refractivity contribution in [1.82, 2.24) is 15.2 Å². The number of aromatic nitrogens is 1. The van der Waals surface area contributed by atoms with E-state index < -0.39 is 22.2 Å². The Morgan fingerprint density at radius 2 is 1.95 bits per heavy atom. The first-order valence-electron chi connectivity index (χ1n) is 13.2. The molecule has 37 heavy (non-hydrogen) atoms. The standard InChI is InChI=1S/C28H36N4O4S/c1-3-20-18-32-12-13-37(35,36)31(2)25-16-21(15-23(20)27(25)32)28(34)30-24(14-19-8-5-4-6-9-19)26(33)17-29-22-10-7-11-22/h4-6,8-9,15-16,18,22,24,26,29,33H,3,7,10-14,17H2,1-2H3,(H,30,34)/t24-,26+/m0/s1. The van der Waals surface area contributed by atoms with E-state index >= 15 is 0 Å². The van der Waals surface area contributed by atoms with Gasteiger partial charge >= 0.3 is 0 Å². The molecule has 2 aliphatic rings. The molecule has 2 atom stereocenters. The second-order valence-electron chi connectivity index (χ2n) is 10.2. The van der Waals surface area contributed by atoms with Crippen LogP contribution in [-0.2, 0) is 29.4 Å². The lowest BCUT2D eigenvalue weighted by atomic mass is 9.92. The van der Waals surface area contributed by atoms with E-state index in [1.807, 2.05) is 47.2 Å². The second-order valence-corrected chi connectivity index (χ2v) is 12.4. The lowest BCUT2D eigenvalue weighted by Crippen LogP contribution is -2.51. The lowest BCUT2D eigenvalue weighted by Gasteiger charge is -2.30. The summed E-state index contributed by atoms with van der Waals surface area (Å²) in [5.41, 5.74) is 3.82. The van der Waals surface area contributed by atoms with Crippen LogP contribution >= 0.6 is 0 Å². The lowest BCUT2D eigenvalue weighted by molar-refractivity contribution is 0.0816. The molecule has 2 heterocycles. The molecule has 8 nitrogen and oxygen atoms in total. The highest BCUT2D eigenvalue weighted by atomic mass is 32.2. The number of anilines is 1. The van der Waals surface area contributed by atoms with E-state index in [-0.39, 0.29) is 11.7 Å². The minimum absolute atomic E-state index is 0.00593. The fraction of sp³-hybridized carbons (Fsp3) is 0.464. The van der Waals surface area contributed by atoms with Crippen LogP contribution in [0.3, 0.4) is 0 Å². The first kappa shape index (κ1) is 25.8. The Labute approximate surface area is 218 Å². The van der Waals surface area contributed by atoms with Crippen LogP contribution in [0.25, 0.3) is 10.9 Å². The minimum Gasteiger partial charge on any atom is -0.390 e. The molecule has 1 fully saturated rings. The van der Waals surface area contributed by atoms with Crippen LogP contribution in [-0.4, -0.2) is 61.5 Å². The molecule has 1 aliphatic carbocycles. The molecule has 0 saturated heterocycles. The van der Waals surface area contributed by atoms with Gasteiger partial charge in [-0.2, -0.15) is 0 Å². The third-order valence-corrected chi connectivity index (χ3v) is 9.55. The van der Waals surface area contributed by atoms with Gasteiger partial charge in [0.1, 0.15) is 0 Å². The first-order chi connectivity index (χ1) is 17.8. The highest BCUT2D eigenvalue weighted by Crippen LogP contribution is 2.35. The van der Waals surface area contributed by atoms with Crippen molar-refractivity contribution < 1.29 is 18.3 Å². The number of carbonyl (C=O) groups excluding carboxylic acids is 1. The molecule has 1 aliphatic heterocycles. The number of benzene rings is 2. The Balaban J connectivity index is 1.46. The molecule has 9 heteroatoms. The summed E-state index contributed by atoms with van der Waals surface area (Å²) in [6, 6.07) is 13.2. The van der Waals surface area contributed by atoms with E-state index in [0.717, 1.165) is 41.3 Å². The van der Waals surface area contributed by atoms with Gasteiger partial charge in [-0.25, -0.2) is 8.42 Å². The van der Waals surface area contributed by atoms with E-state index in [1.165, 1.54) is 10.7 Å². The van der Waals surface area contributed by atoms with E-state index in [4.69, 9.17) is 0 Å². The maximum absolute atomic E-state index is 13.6. The zero-order chi connectivity index (χ0) is 26.2. The summed E-state index contributed by atoms with van der Waals surface area (Å²) >= 11 is 0. The van der Waals surface area contributed by atoms with Crippen LogP contribution in [0.4, 0.5) is 5.69 Å². The van der Waals surface area contributed by atoms with Crippen LogP contribution < -0.4 is 14.9 Å². The highest BCUT2D eigenvalue weighted by Gasteiger charge is 2.30. The quantitative estimate of drug-likeness (QED) is 0.399. The third kappa shape index (κ3) is 5.26. The number of hydrogen-bond acceptors (Lipinski definition) is 5. The fourth-order valence-corrected chi connectivity index (χ4v) is 6.40. The highest BCUT2D eigenvalue weighted by molar-refractivity contribution is 7.92. The Kier molecular flexibility index (Phi) is 7.29. The van der Waals surface area contributed by atoms with Gasteiger partial charge in [-0.1, -0.05) is 43.7 Å². The number of aliphatic hydroxyl groups excluding tert-OH is 1. The molecule has 1 saturated carbocycles. The molecule has 1 aromatic heterocycles. The predicted molar refractivity (Wildman–Crippen MR) is 147 cm³/mol. The van der Waals surface area contributed by atoms with Crippen molar-refractivity contribution in [2.45, 2.75) is 63.8 Å². The smallest absolute Gasteiger partial charge is 0.251 e. The summed E-state index contributed by atoms with van der Waals surface area (Å²) in [5, 5.41) is 18.4. The molecule has 3 N–H and O–H groups in total. The molecule has 0 spiro atoms. The summed E-state index contributed by atoms with van der Waals surface area (Å²) in [6.45, 7) is 2.83. The zero-order valence-electron chi connectivity index (χ0n) is 21.5. The average molecular weight is 525 g/mol. The van der Waals surface area contributed by atoms with Crippen molar-refractivity contribution in [2.24, 2.45) is 0 Å². The summed E-state index contributed by atoms with van der Waals surface area (Å²) in [5.74, 6) is -0.321. The first-order valence-corrected chi connectivity index (χ1v) is 14.8. The van der Waals surface area contributed by atoms with Crippen LogP contribution in [0, 0.1) is 0 Å². The molecule has 2 aromatic carbocycles. The van der Waals surface area contributed by atoms with Gasteiger partial charge in [-0.15, -0.1) is 0 Å². The fourth-order valence-electron chi connectivity index (χ4n) is 5.26. The van der Waals surface area contributed by atoms with Crippen LogP contribution in [0.5, 0.6) is 0 Å². The molecular formula is C28H36N4O4S. The summed E-state index contributed by atoms with van der Waals surface area (Å²) in [6.07, 6.45) is 5.91. The largest absolute Gasteiger partial charge is 0.390 e. The Bertz CT molecular complexity index is 1380. The van der Waals surface area contributed by atoms with Gasteiger partial charge in [0.25, 0.3) is 5.91 Å². The van der Waals surface area contributed by atoms with E-state index in [0.29, 0.717) is 36.8 Å². The molecule has 0 radical (unpaired) electrons. The second kappa shape index (κ2) is 10.5. The number of aliphatic hydroxyl groups is 1. The number of amides is 1. The number of aryl methyl sites for hydroxylation is 2. The van der Waals surface area contributed by atoms with Crippen molar-refractivity contribution in [1.29, 1.82) is 0 Å². The third-order valence-electron chi connectivity index (χ3n) is 7.82. The van der Waals surface area contributed by atoms with Crippen LogP contribution in [0.15, 0.2) is 48.7 Å². The molecular weight excluding hydrogens is 488 g/mol. The number of rotatable bonds is 9. The maximum Gasteiger partial charge on any atom is 0.251 e. The summed E-state index contributed by atoms with van der Waals surface area (Å²) in [7, 11) is -1.95. The molecule has 0 unspecified atom stereocenters. The van der Waals surface area contributed by atoms with Gasteiger partial charge in [0.15, 0.2) is 0 Å².